The Morgan fingerprint density at radius 1 is 1.11 bits per heavy atom. The summed E-state index contributed by atoms with van der Waals surface area (Å²) < 4.78 is 10.5. The highest BCUT2D eigenvalue weighted by atomic mass is 16.5. The van der Waals surface area contributed by atoms with Crippen LogP contribution in [-0.2, 0) is 9.47 Å². The lowest BCUT2D eigenvalue weighted by atomic mass is 10.0. The molecule has 0 aromatic heterocycles. The molecule has 0 saturated heterocycles. The number of methoxy groups -OCH3 is 2. The van der Waals surface area contributed by atoms with Gasteiger partial charge in [0.2, 0.25) is 0 Å². The van der Waals surface area contributed by atoms with Crippen LogP contribution in [0.1, 0.15) is 27.7 Å². The van der Waals surface area contributed by atoms with Crippen LogP contribution in [0, 0.1) is 5.92 Å². The summed E-state index contributed by atoms with van der Waals surface area (Å²) in [5.74, 6) is 0.611. The van der Waals surface area contributed by atoms with Gasteiger partial charge in [-0.05, 0) is 19.4 Å². The van der Waals surface area contributed by atoms with Crippen LogP contribution in [0.4, 0.5) is 0 Å². The molecule has 0 aliphatic heterocycles. The molecule has 0 aromatic carbocycles. The van der Waals surface area contributed by atoms with Crippen molar-refractivity contribution in [3.63, 3.8) is 0 Å². The first-order valence-corrected chi connectivity index (χ1v) is 7.02. The molecule has 2 atom stereocenters. The van der Waals surface area contributed by atoms with Crippen LogP contribution < -0.4 is 5.32 Å². The average Bonchev–Trinajstić information content (AvgIpc) is 2.33. The molecule has 18 heavy (non-hydrogen) atoms. The summed E-state index contributed by atoms with van der Waals surface area (Å²) in [6, 6.07) is 0.932. The number of hydrogen-bond donors (Lipinski definition) is 1. The molecule has 0 radical (unpaired) electrons. The second-order valence-corrected chi connectivity index (χ2v) is 5.15. The van der Waals surface area contributed by atoms with E-state index in [0.717, 1.165) is 32.8 Å². The van der Waals surface area contributed by atoms with Crippen molar-refractivity contribution in [2.24, 2.45) is 5.92 Å². The number of ether oxygens (including phenoxy) is 2. The smallest absolute Gasteiger partial charge is 0.0615 e. The maximum atomic E-state index is 5.30. The number of likely N-dealkylation sites (N-methyl/N-ethyl adjacent to an activating group) is 1. The Kier molecular flexibility index (Phi) is 10.6. The molecule has 0 aliphatic rings. The second-order valence-electron chi connectivity index (χ2n) is 5.15. The summed E-state index contributed by atoms with van der Waals surface area (Å²) >= 11 is 0. The second kappa shape index (κ2) is 10.7. The zero-order valence-corrected chi connectivity index (χ0v) is 13.0. The van der Waals surface area contributed by atoms with Crippen molar-refractivity contribution < 1.29 is 9.47 Å². The standard InChI is InChI=1S/C14H32N2O2/c1-7-15-10-14(12(2)3)16(8-9-17-5)13(4)11-18-6/h12-15H,7-11H2,1-6H3. The molecule has 0 spiro atoms. The largest absolute Gasteiger partial charge is 0.383 e. The Balaban J connectivity index is 4.61. The molecule has 0 aliphatic carbocycles. The van der Waals surface area contributed by atoms with E-state index in [1.807, 2.05) is 0 Å². The fraction of sp³-hybridized carbons (Fsp3) is 1.00. The Hall–Kier alpha value is -0.160. The predicted octanol–water partition coefficient (Wildman–Crippen LogP) is 1.60. The minimum atomic E-state index is 0.413. The van der Waals surface area contributed by atoms with E-state index in [2.05, 4.69) is 37.9 Å². The topological polar surface area (TPSA) is 33.7 Å². The van der Waals surface area contributed by atoms with Crippen molar-refractivity contribution >= 4 is 0 Å². The highest BCUT2D eigenvalue weighted by Gasteiger charge is 2.25. The lowest BCUT2D eigenvalue weighted by Gasteiger charge is -2.38. The van der Waals surface area contributed by atoms with E-state index in [0.29, 0.717) is 18.0 Å². The summed E-state index contributed by atoms with van der Waals surface area (Å²) in [6.45, 7) is 13.4. The van der Waals surface area contributed by atoms with Crippen LogP contribution in [0.3, 0.4) is 0 Å². The van der Waals surface area contributed by atoms with Crippen molar-refractivity contribution in [2.75, 3.05) is 47.1 Å². The van der Waals surface area contributed by atoms with Gasteiger partial charge in [-0.25, -0.2) is 0 Å². The molecule has 2 unspecified atom stereocenters. The van der Waals surface area contributed by atoms with E-state index in [4.69, 9.17) is 9.47 Å². The minimum Gasteiger partial charge on any atom is -0.383 e. The zero-order valence-electron chi connectivity index (χ0n) is 13.0. The third-order valence-corrected chi connectivity index (χ3v) is 3.33. The van der Waals surface area contributed by atoms with E-state index < -0.39 is 0 Å². The molecule has 0 bridgehead atoms. The molecule has 0 fully saturated rings. The molecule has 0 aromatic rings. The van der Waals surface area contributed by atoms with E-state index in [-0.39, 0.29) is 0 Å². The minimum absolute atomic E-state index is 0.413. The van der Waals surface area contributed by atoms with Gasteiger partial charge in [0.1, 0.15) is 0 Å². The quantitative estimate of drug-likeness (QED) is 0.612. The highest BCUT2D eigenvalue weighted by molar-refractivity contribution is 4.81. The van der Waals surface area contributed by atoms with Gasteiger partial charge in [0, 0.05) is 39.4 Å². The van der Waals surface area contributed by atoms with Crippen LogP contribution in [-0.4, -0.2) is 64.1 Å². The van der Waals surface area contributed by atoms with Crippen LogP contribution >= 0.6 is 0 Å². The number of hydrogen-bond acceptors (Lipinski definition) is 4. The van der Waals surface area contributed by atoms with E-state index in [1.54, 1.807) is 14.2 Å². The molecule has 0 rings (SSSR count). The van der Waals surface area contributed by atoms with Crippen LogP contribution in [0.25, 0.3) is 0 Å². The maximum absolute atomic E-state index is 5.30. The number of rotatable bonds is 11. The number of nitrogens with zero attached hydrogens (tertiary/aromatic N) is 1. The van der Waals surface area contributed by atoms with Gasteiger partial charge in [-0.2, -0.15) is 0 Å². The van der Waals surface area contributed by atoms with Gasteiger partial charge in [0.25, 0.3) is 0 Å². The van der Waals surface area contributed by atoms with Gasteiger partial charge in [0.05, 0.1) is 13.2 Å². The van der Waals surface area contributed by atoms with Gasteiger partial charge in [-0.3, -0.25) is 4.90 Å². The molecule has 0 amide bonds. The lowest BCUT2D eigenvalue weighted by Crippen LogP contribution is -2.52. The summed E-state index contributed by atoms with van der Waals surface area (Å²) in [6.07, 6.45) is 0. The van der Waals surface area contributed by atoms with Gasteiger partial charge >= 0.3 is 0 Å². The SMILES string of the molecule is CCNCC(C(C)C)N(CCOC)C(C)COC. The first-order chi connectivity index (χ1) is 8.58. The third kappa shape index (κ3) is 6.69. The molecule has 4 heteroatoms. The summed E-state index contributed by atoms with van der Waals surface area (Å²) in [7, 11) is 3.52. The van der Waals surface area contributed by atoms with Crippen LogP contribution in [0.5, 0.6) is 0 Å². The lowest BCUT2D eigenvalue weighted by molar-refractivity contribution is 0.0328. The van der Waals surface area contributed by atoms with Crippen molar-refractivity contribution in [1.82, 2.24) is 10.2 Å². The molecule has 110 valence electrons. The maximum Gasteiger partial charge on any atom is 0.0615 e. The number of nitrogens with one attached hydrogen (secondary N) is 1. The predicted molar refractivity (Wildman–Crippen MR) is 77.1 cm³/mol. The highest BCUT2D eigenvalue weighted by Crippen LogP contribution is 2.14. The normalized spacial score (nSPS) is 15.3. The van der Waals surface area contributed by atoms with Gasteiger partial charge < -0.3 is 14.8 Å². The van der Waals surface area contributed by atoms with Crippen molar-refractivity contribution in [3.8, 4) is 0 Å². The Morgan fingerprint density at radius 2 is 1.78 bits per heavy atom. The van der Waals surface area contributed by atoms with Crippen molar-refractivity contribution in [3.05, 3.63) is 0 Å². The van der Waals surface area contributed by atoms with Crippen molar-refractivity contribution in [1.29, 1.82) is 0 Å². The van der Waals surface area contributed by atoms with Crippen LogP contribution in [0.15, 0.2) is 0 Å². The summed E-state index contributed by atoms with van der Waals surface area (Å²) in [5.41, 5.74) is 0. The van der Waals surface area contributed by atoms with E-state index in [1.165, 1.54) is 0 Å². The average molecular weight is 260 g/mol. The monoisotopic (exact) mass is 260 g/mol. The fourth-order valence-corrected chi connectivity index (χ4v) is 2.27. The molecule has 0 saturated carbocycles. The summed E-state index contributed by atoms with van der Waals surface area (Å²) in [4.78, 5) is 2.50. The molecular weight excluding hydrogens is 228 g/mol. The third-order valence-electron chi connectivity index (χ3n) is 3.33. The first kappa shape index (κ1) is 17.8. The Labute approximate surface area is 113 Å². The first-order valence-electron chi connectivity index (χ1n) is 7.02. The molecule has 0 heterocycles. The van der Waals surface area contributed by atoms with E-state index >= 15 is 0 Å². The van der Waals surface area contributed by atoms with Crippen LogP contribution in [0.2, 0.25) is 0 Å². The van der Waals surface area contributed by atoms with Gasteiger partial charge in [-0.1, -0.05) is 20.8 Å². The van der Waals surface area contributed by atoms with Gasteiger partial charge in [-0.15, -0.1) is 0 Å². The fourth-order valence-electron chi connectivity index (χ4n) is 2.27. The zero-order chi connectivity index (χ0) is 14.0. The summed E-state index contributed by atoms with van der Waals surface area (Å²) in [5, 5.41) is 3.46. The van der Waals surface area contributed by atoms with Crippen molar-refractivity contribution in [2.45, 2.75) is 39.8 Å². The Bertz CT molecular complexity index is 189. The van der Waals surface area contributed by atoms with E-state index in [9.17, 15) is 0 Å². The molecule has 4 nitrogen and oxygen atoms in total. The Morgan fingerprint density at radius 3 is 2.22 bits per heavy atom. The molecule has 1 N–H and O–H groups in total. The van der Waals surface area contributed by atoms with Gasteiger partial charge in [0.15, 0.2) is 0 Å². The molecular formula is C14H32N2O2.